The van der Waals surface area contributed by atoms with Crippen molar-refractivity contribution in [1.82, 2.24) is 9.97 Å². The predicted octanol–water partition coefficient (Wildman–Crippen LogP) is 6.27. The molecule has 4 aromatic rings. The van der Waals surface area contributed by atoms with Crippen molar-refractivity contribution >= 4 is 32.6 Å². The highest BCUT2D eigenvalue weighted by Gasteiger charge is 2.21. The number of hydrogen-bond donors (Lipinski definition) is 0. The van der Waals surface area contributed by atoms with Gasteiger partial charge in [0.2, 0.25) is 0 Å². The number of nitrogens with zero attached hydrogens (tertiary/aromatic N) is 4. The summed E-state index contributed by atoms with van der Waals surface area (Å²) in [5.41, 5.74) is 3.94. The molecule has 0 aliphatic heterocycles. The van der Waals surface area contributed by atoms with Gasteiger partial charge in [0.1, 0.15) is 12.1 Å². The summed E-state index contributed by atoms with van der Waals surface area (Å²) in [6.45, 7) is 13.2. The lowest BCUT2D eigenvalue weighted by Crippen LogP contribution is -2.11. The summed E-state index contributed by atoms with van der Waals surface area (Å²) in [4.78, 5) is 9.12. The predicted molar refractivity (Wildman–Crippen MR) is 121 cm³/mol. The fourth-order valence-corrected chi connectivity index (χ4v) is 3.85. The van der Waals surface area contributed by atoms with Crippen LogP contribution in [-0.4, -0.2) is 9.97 Å². The second-order valence-electron chi connectivity index (χ2n) is 9.86. The second-order valence-corrected chi connectivity index (χ2v) is 9.86. The number of nitriles is 2. The summed E-state index contributed by atoms with van der Waals surface area (Å²) >= 11 is 0. The van der Waals surface area contributed by atoms with Crippen LogP contribution in [0.1, 0.15) is 64.1 Å². The first-order chi connectivity index (χ1) is 14.0. The Balaban J connectivity index is 2.28. The number of fused-ring (bicyclic) bond motifs is 6. The Kier molecular flexibility index (Phi) is 4.29. The van der Waals surface area contributed by atoms with Crippen molar-refractivity contribution in [3.05, 3.63) is 58.9 Å². The van der Waals surface area contributed by atoms with Crippen LogP contribution in [0.25, 0.3) is 32.6 Å². The number of benzene rings is 3. The molecular formula is C26H24N4. The average Bonchev–Trinajstić information content (AvgIpc) is 2.70. The molecule has 0 amide bonds. The Morgan fingerprint density at radius 2 is 0.967 bits per heavy atom. The second kappa shape index (κ2) is 6.51. The average molecular weight is 393 g/mol. The quantitative estimate of drug-likeness (QED) is 0.330. The minimum atomic E-state index is 0.00522. The van der Waals surface area contributed by atoms with Crippen LogP contribution >= 0.6 is 0 Å². The van der Waals surface area contributed by atoms with Crippen LogP contribution < -0.4 is 0 Å². The molecule has 0 aliphatic rings. The third kappa shape index (κ3) is 3.06. The van der Waals surface area contributed by atoms with Crippen LogP contribution in [0, 0.1) is 22.7 Å². The molecule has 148 valence electrons. The van der Waals surface area contributed by atoms with Crippen LogP contribution in [0.4, 0.5) is 0 Å². The van der Waals surface area contributed by atoms with Gasteiger partial charge in [-0.2, -0.15) is 10.5 Å². The van der Waals surface area contributed by atoms with Crippen molar-refractivity contribution in [3.63, 3.8) is 0 Å². The number of aromatic nitrogens is 2. The molecule has 0 saturated carbocycles. The van der Waals surface area contributed by atoms with E-state index in [4.69, 9.17) is 0 Å². The van der Waals surface area contributed by atoms with Gasteiger partial charge in [-0.05, 0) is 44.9 Å². The molecule has 30 heavy (non-hydrogen) atoms. The molecule has 0 N–H and O–H groups in total. The van der Waals surface area contributed by atoms with Gasteiger partial charge >= 0.3 is 0 Å². The third-order valence-corrected chi connectivity index (χ3v) is 5.68. The zero-order chi connectivity index (χ0) is 21.8. The molecule has 0 fully saturated rings. The Morgan fingerprint density at radius 1 is 0.600 bits per heavy atom. The van der Waals surface area contributed by atoms with Crippen LogP contribution in [-0.2, 0) is 10.8 Å². The highest BCUT2D eigenvalue weighted by Crippen LogP contribution is 2.38. The van der Waals surface area contributed by atoms with Gasteiger partial charge in [-0.25, -0.2) is 9.97 Å². The van der Waals surface area contributed by atoms with Crippen LogP contribution in [0.3, 0.4) is 0 Å². The molecule has 4 heteroatoms. The lowest BCUT2D eigenvalue weighted by atomic mass is 9.83. The van der Waals surface area contributed by atoms with Crippen molar-refractivity contribution < 1.29 is 0 Å². The van der Waals surface area contributed by atoms with E-state index in [0.717, 1.165) is 21.5 Å². The Hall–Kier alpha value is -3.50. The van der Waals surface area contributed by atoms with Crippen molar-refractivity contribution in [2.24, 2.45) is 0 Å². The van der Waals surface area contributed by atoms with Crippen molar-refractivity contribution in [3.8, 4) is 12.1 Å². The molecule has 0 atom stereocenters. The summed E-state index contributed by atoms with van der Waals surface area (Å²) in [6.07, 6.45) is 0. The molecule has 3 aromatic carbocycles. The van der Waals surface area contributed by atoms with E-state index in [1.165, 1.54) is 11.1 Å². The van der Waals surface area contributed by atoms with E-state index in [9.17, 15) is 10.5 Å². The summed E-state index contributed by atoms with van der Waals surface area (Å²) in [7, 11) is 0. The van der Waals surface area contributed by atoms with E-state index in [1.54, 1.807) is 0 Å². The van der Waals surface area contributed by atoms with E-state index in [-0.39, 0.29) is 22.2 Å². The van der Waals surface area contributed by atoms with Gasteiger partial charge in [-0.1, -0.05) is 65.8 Å². The van der Waals surface area contributed by atoms with Gasteiger partial charge in [0.15, 0.2) is 11.4 Å². The normalized spacial score (nSPS) is 12.3. The highest BCUT2D eigenvalue weighted by molar-refractivity contribution is 6.23. The van der Waals surface area contributed by atoms with E-state index in [1.807, 2.05) is 12.1 Å². The van der Waals surface area contributed by atoms with E-state index in [2.05, 4.69) is 87.9 Å². The van der Waals surface area contributed by atoms with Gasteiger partial charge in [-0.3, -0.25) is 0 Å². The largest absolute Gasteiger partial charge is 0.232 e. The van der Waals surface area contributed by atoms with Crippen molar-refractivity contribution in [2.75, 3.05) is 0 Å². The lowest BCUT2D eigenvalue weighted by Gasteiger charge is -2.22. The Bertz CT molecular complexity index is 1310. The summed E-state index contributed by atoms with van der Waals surface area (Å²) in [5.74, 6) is 0. The number of rotatable bonds is 0. The molecule has 0 radical (unpaired) electrons. The molecule has 1 aromatic heterocycles. The molecular weight excluding hydrogens is 368 g/mol. The molecule has 4 rings (SSSR count). The summed E-state index contributed by atoms with van der Waals surface area (Å²) in [5, 5.41) is 23.0. The Morgan fingerprint density at radius 3 is 1.27 bits per heavy atom. The molecule has 0 unspecified atom stereocenters. The molecule has 4 nitrogen and oxygen atoms in total. The maximum absolute atomic E-state index is 9.47. The van der Waals surface area contributed by atoms with Crippen LogP contribution in [0.2, 0.25) is 0 Å². The monoisotopic (exact) mass is 392 g/mol. The highest BCUT2D eigenvalue weighted by atomic mass is 14.8. The zero-order valence-electron chi connectivity index (χ0n) is 18.3. The first kappa shape index (κ1) is 19.8. The summed E-state index contributed by atoms with van der Waals surface area (Å²) < 4.78 is 0. The molecule has 0 bridgehead atoms. The van der Waals surface area contributed by atoms with Crippen LogP contribution in [0.15, 0.2) is 36.4 Å². The maximum atomic E-state index is 9.47. The van der Waals surface area contributed by atoms with Gasteiger partial charge in [0, 0.05) is 10.8 Å². The lowest BCUT2D eigenvalue weighted by molar-refractivity contribution is 0.590. The van der Waals surface area contributed by atoms with Gasteiger partial charge in [0.05, 0.1) is 11.0 Å². The standard InChI is InChI=1S/C26H24N4/c1-25(2,3)15-7-9-17-19(11-15)20-12-16(26(4,5)6)8-10-18(20)24-23(17)29-21(13-27)22(14-28)30-24/h7-12H,1-6H3. The van der Waals surface area contributed by atoms with Gasteiger partial charge in [-0.15, -0.1) is 0 Å². The van der Waals surface area contributed by atoms with Crippen molar-refractivity contribution in [1.29, 1.82) is 10.5 Å². The zero-order valence-corrected chi connectivity index (χ0v) is 18.3. The van der Waals surface area contributed by atoms with Crippen molar-refractivity contribution in [2.45, 2.75) is 52.4 Å². The van der Waals surface area contributed by atoms with Crippen LogP contribution in [0.5, 0.6) is 0 Å². The summed E-state index contributed by atoms with van der Waals surface area (Å²) in [6, 6.07) is 16.9. The molecule has 1 heterocycles. The van der Waals surface area contributed by atoms with E-state index < -0.39 is 0 Å². The topological polar surface area (TPSA) is 73.4 Å². The fourth-order valence-electron chi connectivity index (χ4n) is 3.85. The first-order valence-corrected chi connectivity index (χ1v) is 10.1. The molecule has 0 saturated heterocycles. The number of hydrogen-bond acceptors (Lipinski definition) is 4. The minimum absolute atomic E-state index is 0.00522. The first-order valence-electron chi connectivity index (χ1n) is 10.1. The van der Waals surface area contributed by atoms with E-state index in [0.29, 0.717) is 11.0 Å². The third-order valence-electron chi connectivity index (χ3n) is 5.68. The van der Waals surface area contributed by atoms with Gasteiger partial charge in [0.25, 0.3) is 0 Å². The fraction of sp³-hybridized carbons (Fsp3) is 0.308. The minimum Gasteiger partial charge on any atom is -0.232 e. The van der Waals surface area contributed by atoms with E-state index >= 15 is 0 Å². The maximum Gasteiger partial charge on any atom is 0.177 e. The molecule has 0 aliphatic carbocycles. The SMILES string of the molecule is CC(C)(C)c1ccc2c(c1)c1cc(C(C)(C)C)ccc1c1nc(C#N)c(C#N)nc21. The molecule has 0 spiro atoms. The van der Waals surface area contributed by atoms with Gasteiger partial charge < -0.3 is 0 Å². The smallest absolute Gasteiger partial charge is 0.177 e. The Labute approximate surface area is 176 Å².